The molecule has 1 aliphatic carbocycles. The predicted molar refractivity (Wildman–Crippen MR) is 69.5 cm³/mol. The molecular formula is C14H15NO5. The molecule has 0 bridgehead atoms. The molecule has 1 unspecified atom stereocenters. The molecule has 106 valence electrons. The number of esters is 1. The molecule has 2 aliphatic rings. The highest BCUT2D eigenvalue weighted by Crippen LogP contribution is 2.34. The SMILES string of the molecule is CC(OC(=O)C1CC1)C(=O)Nc1ccc2c(c1)OCO2. The van der Waals surface area contributed by atoms with Gasteiger partial charge in [0.1, 0.15) is 0 Å². The summed E-state index contributed by atoms with van der Waals surface area (Å²) in [5.41, 5.74) is 0.577. The number of rotatable bonds is 4. The highest BCUT2D eigenvalue weighted by molar-refractivity contribution is 5.95. The van der Waals surface area contributed by atoms with E-state index in [1.54, 1.807) is 25.1 Å². The van der Waals surface area contributed by atoms with Crippen molar-refractivity contribution < 1.29 is 23.8 Å². The van der Waals surface area contributed by atoms with E-state index in [0.29, 0.717) is 17.2 Å². The molecule has 6 nitrogen and oxygen atoms in total. The molecule has 0 spiro atoms. The van der Waals surface area contributed by atoms with Crippen LogP contribution in [-0.4, -0.2) is 24.8 Å². The van der Waals surface area contributed by atoms with E-state index in [1.165, 1.54) is 0 Å². The van der Waals surface area contributed by atoms with Crippen LogP contribution in [0.25, 0.3) is 0 Å². The van der Waals surface area contributed by atoms with E-state index in [0.717, 1.165) is 12.8 Å². The molecular weight excluding hydrogens is 262 g/mol. The smallest absolute Gasteiger partial charge is 0.309 e. The second kappa shape index (κ2) is 5.03. The largest absolute Gasteiger partial charge is 0.454 e. The van der Waals surface area contributed by atoms with E-state index in [4.69, 9.17) is 14.2 Å². The third-order valence-electron chi connectivity index (χ3n) is 3.21. The van der Waals surface area contributed by atoms with Crippen molar-refractivity contribution in [3.63, 3.8) is 0 Å². The number of benzene rings is 1. The number of nitrogens with one attached hydrogen (secondary N) is 1. The van der Waals surface area contributed by atoms with Crippen LogP contribution < -0.4 is 14.8 Å². The van der Waals surface area contributed by atoms with Crippen LogP contribution in [0.15, 0.2) is 18.2 Å². The Bertz CT molecular complexity index is 552. The van der Waals surface area contributed by atoms with E-state index in [-0.39, 0.29) is 24.6 Å². The Kier molecular flexibility index (Phi) is 3.22. The molecule has 1 atom stereocenters. The molecule has 1 N–H and O–H groups in total. The third-order valence-corrected chi connectivity index (χ3v) is 3.21. The monoisotopic (exact) mass is 277 g/mol. The standard InChI is InChI=1S/C14H15NO5/c1-8(20-14(17)9-2-3-9)13(16)15-10-4-5-11-12(6-10)19-7-18-11/h4-6,8-9H,2-3,7H2,1H3,(H,15,16). The lowest BCUT2D eigenvalue weighted by atomic mass is 10.2. The molecule has 0 aromatic heterocycles. The lowest BCUT2D eigenvalue weighted by Crippen LogP contribution is -2.30. The highest BCUT2D eigenvalue weighted by atomic mass is 16.7. The van der Waals surface area contributed by atoms with Gasteiger partial charge in [0.2, 0.25) is 6.79 Å². The van der Waals surface area contributed by atoms with Crippen molar-refractivity contribution in [1.82, 2.24) is 0 Å². The fraction of sp³-hybridized carbons (Fsp3) is 0.429. The predicted octanol–water partition coefficient (Wildman–Crippen LogP) is 1.70. The Morgan fingerprint density at radius 3 is 2.80 bits per heavy atom. The summed E-state index contributed by atoms with van der Waals surface area (Å²) in [7, 11) is 0. The summed E-state index contributed by atoms with van der Waals surface area (Å²) >= 11 is 0. The molecule has 0 saturated heterocycles. The minimum atomic E-state index is -0.812. The summed E-state index contributed by atoms with van der Waals surface area (Å²) in [5.74, 6) is 0.564. The van der Waals surface area contributed by atoms with Crippen molar-refractivity contribution >= 4 is 17.6 Å². The van der Waals surface area contributed by atoms with E-state index < -0.39 is 6.10 Å². The van der Waals surface area contributed by atoms with Gasteiger partial charge in [-0.25, -0.2) is 0 Å². The van der Waals surface area contributed by atoms with E-state index >= 15 is 0 Å². The number of hydrogen-bond donors (Lipinski definition) is 1. The maximum absolute atomic E-state index is 11.9. The molecule has 1 aromatic carbocycles. The Hall–Kier alpha value is -2.24. The molecule has 0 radical (unpaired) electrons. The molecule has 20 heavy (non-hydrogen) atoms. The van der Waals surface area contributed by atoms with Gasteiger partial charge in [-0.2, -0.15) is 0 Å². The van der Waals surface area contributed by atoms with Crippen LogP contribution in [0.1, 0.15) is 19.8 Å². The zero-order valence-electron chi connectivity index (χ0n) is 11.0. The van der Waals surface area contributed by atoms with Crippen LogP contribution in [0.4, 0.5) is 5.69 Å². The first-order valence-corrected chi connectivity index (χ1v) is 6.54. The zero-order chi connectivity index (χ0) is 14.1. The molecule has 3 rings (SSSR count). The summed E-state index contributed by atoms with van der Waals surface area (Å²) < 4.78 is 15.5. The summed E-state index contributed by atoms with van der Waals surface area (Å²) in [6.45, 7) is 1.74. The summed E-state index contributed by atoms with van der Waals surface area (Å²) in [6, 6.07) is 5.11. The fourth-order valence-electron chi connectivity index (χ4n) is 1.86. The van der Waals surface area contributed by atoms with Crippen LogP contribution in [0.5, 0.6) is 11.5 Å². The molecule has 1 amide bonds. The van der Waals surface area contributed by atoms with Gasteiger partial charge in [-0.1, -0.05) is 0 Å². The quantitative estimate of drug-likeness (QED) is 0.848. The molecule has 1 aromatic rings. The Labute approximate surface area is 116 Å². The molecule has 1 heterocycles. The first-order chi connectivity index (χ1) is 9.63. The van der Waals surface area contributed by atoms with Crippen LogP contribution in [0.2, 0.25) is 0 Å². The maximum atomic E-state index is 11.9. The number of fused-ring (bicyclic) bond motifs is 1. The minimum absolute atomic E-state index is 0.0178. The van der Waals surface area contributed by atoms with Gasteiger partial charge in [0.15, 0.2) is 17.6 Å². The van der Waals surface area contributed by atoms with Crippen molar-refractivity contribution in [2.24, 2.45) is 5.92 Å². The second-order valence-electron chi connectivity index (χ2n) is 4.91. The zero-order valence-corrected chi connectivity index (χ0v) is 11.0. The maximum Gasteiger partial charge on any atom is 0.309 e. The van der Waals surface area contributed by atoms with Crippen LogP contribution in [0, 0.1) is 5.92 Å². The molecule has 1 aliphatic heterocycles. The number of anilines is 1. The van der Waals surface area contributed by atoms with Gasteiger partial charge in [-0.15, -0.1) is 0 Å². The van der Waals surface area contributed by atoms with Gasteiger partial charge in [-0.05, 0) is 31.9 Å². The number of hydrogen-bond acceptors (Lipinski definition) is 5. The van der Waals surface area contributed by atoms with Gasteiger partial charge >= 0.3 is 5.97 Å². The molecule has 1 saturated carbocycles. The second-order valence-corrected chi connectivity index (χ2v) is 4.91. The van der Waals surface area contributed by atoms with Crippen molar-refractivity contribution in [2.45, 2.75) is 25.9 Å². The van der Waals surface area contributed by atoms with Crippen LogP contribution >= 0.6 is 0 Å². The normalized spacial score (nSPS) is 17.4. The van der Waals surface area contributed by atoms with Crippen molar-refractivity contribution in [2.75, 3.05) is 12.1 Å². The summed E-state index contributed by atoms with van der Waals surface area (Å²) in [6.07, 6.45) is 0.901. The lowest BCUT2D eigenvalue weighted by molar-refractivity contribution is -0.154. The first-order valence-electron chi connectivity index (χ1n) is 6.54. The number of carbonyl (C=O) groups excluding carboxylic acids is 2. The van der Waals surface area contributed by atoms with E-state index in [9.17, 15) is 9.59 Å². The average molecular weight is 277 g/mol. The van der Waals surface area contributed by atoms with Crippen LogP contribution in [-0.2, 0) is 14.3 Å². The Morgan fingerprint density at radius 1 is 1.30 bits per heavy atom. The minimum Gasteiger partial charge on any atom is -0.454 e. The Balaban J connectivity index is 1.58. The van der Waals surface area contributed by atoms with Crippen molar-refractivity contribution in [3.8, 4) is 11.5 Å². The number of ether oxygens (including phenoxy) is 3. The van der Waals surface area contributed by atoms with Crippen molar-refractivity contribution in [3.05, 3.63) is 18.2 Å². The van der Waals surface area contributed by atoms with Gasteiger partial charge in [0, 0.05) is 11.8 Å². The Morgan fingerprint density at radius 2 is 2.05 bits per heavy atom. The lowest BCUT2D eigenvalue weighted by Gasteiger charge is -2.13. The van der Waals surface area contributed by atoms with Crippen molar-refractivity contribution in [1.29, 1.82) is 0 Å². The van der Waals surface area contributed by atoms with Gasteiger partial charge in [-0.3, -0.25) is 9.59 Å². The summed E-state index contributed by atoms with van der Waals surface area (Å²) in [5, 5.41) is 2.68. The molecule has 6 heteroatoms. The third kappa shape index (κ3) is 2.68. The topological polar surface area (TPSA) is 73.9 Å². The fourth-order valence-corrected chi connectivity index (χ4v) is 1.86. The molecule has 1 fully saturated rings. The van der Waals surface area contributed by atoms with Gasteiger partial charge in [0.05, 0.1) is 5.92 Å². The number of carbonyl (C=O) groups is 2. The highest BCUT2D eigenvalue weighted by Gasteiger charge is 2.33. The van der Waals surface area contributed by atoms with E-state index in [1.807, 2.05) is 0 Å². The average Bonchev–Trinajstić information content (AvgIpc) is 3.17. The first kappa shape index (κ1) is 12.8. The van der Waals surface area contributed by atoms with Gasteiger partial charge < -0.3 is 19.5 Å². The van der Waals surface area contributed by atoms with E-state index in [2.05, 4.69) is 5.32 Å². The van der Waals surface area contributed by atoms with Gasteiger partial charge in [0.25, 0.3) is 5.91 Å². The summed E-state index contributed by atoms with van der Waals surface area (Å²) in [4.78, 5) is 23.4. The van der Waals surface area contributed by atoms with Crippen LogP contribution in [0.3, 0.4) is 0 Å². The number of amides is 1.